The number of fused-ring (bicyclic) bond motifs is 1. The molecule has 0 bridgehead atoms. The normalized spacial score (nSPS) is 18.0. The Morgan fingerprint density at radius 1 is 1.43 bits per heavy atom. The van der Waals surface area contributed by atoms with E-state index in [0.29, 0.717) is 17.0 Å². The van der Waals surface area contributed by atoms with Gasteiger partial charge < -0.3 is 4.74 Å². The fourth-order valence-corrected chi connectivity index (χ4v) is 3.08. The molecule has 2 aromatic rings. The summed E-state index contributed by atoms with van der Waals surface area (Å²) in [4.78, 5) is 0. The predicted octanol–water partition coefficient (Wildman–Crippen LogP) is 2.96. The van der Waals surface area contributed by atoms with Gasteiger partial charge in [0.1, 0.15) is 28.8 Å². The molecule has 4 nitrogen and oxygen atoms in total. The first-order valence-corrected chi connectivity index (χ1v) is 7.06. The zero-order valence-corrected chi connectivity index (χ0v) is 11.7. The van der Waals surface area contributed by atoms with E-state index in [4.69, 9.17) is 4.74 Å². The topological polar surface area (TPSA) is 50.8 Å². The number of rotatable bonds is 1. The molecule has 2 heterocycles. The standard InChI is InChI=1S/C16H14FN3O/c1-20-13(3-7-19-20)14-11(9-18)15-10(8-12(14)17)2-4-16(21-15)5-6-16/h3,7-8H,2,4-6H2,1H3. The molecule has 0 unspecified atom stereocenters. The summed E-state index contributed by atoms with van der Waals surface area (Å²) >= 11 is 0. The lowest BCUT2D eigenvalue weighted by molar-refractivity contribution is 0.150. The van der Waals surface area contributed by atoms with Crippen molar-refractivity contribution in [3.63, 3.8) is 0 Å². The first-order valence-electron chi connectivity index (χ1n) is 7.06. The van der Waals surface area contributed by atoms with Gasteiger partial charge in [-0.15, -0.1) is 0 Å². The number of aromatic nitrogens is 2. The predicted molar refractivity (Wildman–Crippen MR) is 74.2 cm³/mol. The molecule has 0 amide bonds. The Labute approximate surface area is 121 Å². The summed E-state index contributed by atoms with van der Waals surface area (Å²) in [5.74, 6) is 0.183. The summed E-state index contributed by atoms with van der Waals surface area (Å²) in [6.45, 7) is 0. The van der Waals surface area contributed by atoms with Crippen molar-refractivity contribution in [1.29, 1.82) is 5.26 Å². The third kappa shape index (κ3) is 1.75. The van der Waals surface area contributed by atoms with Crippen molar-refractivity contribution in [2.45, 2.75) is 31.3 Å². The second kappa shape index (κ2) is 4.08. The quantitative estimate of drug-likeness (QED) is 0.808. The summed E-state index contributed by atoms with van der Waals surface area (Å²) in [6.07, 6.45) is 5.33. The number of nitrogens with zero attached hydrogens (tertiary/aromatic N) is 3. The highest BCUT2D eigenvalue weighted by Gasteiger charge is 2.48. The van der Waals surface area contributed by atoms with Gasteiger partial charge in [0.25, 0.3) is 0 Å². The van der Waals surface area contributed by atoms with Crippen LogP contribution >= 0.6 is 0 Å². The third-order valence-electron chi connectivity index (χ3n) is 4.47. The van der Waals surface area contributed by atoms with E-state index in [-0.39, 0.29) is 17.0 Å². The van der Waals surface area contributed by atoms with Gasteiger partial charge in [0, 0.05) is 13.2 Å². The molecule has 1 fully saturated rings. The number of nitriles is 1. The van der Waals surface area contributed by atoms with Gasteiger partial charge in [-0.1, -0.05) is 0 Å². The first-order chi connectivity index (χ1) is 10.1. The maximum absolute atomic E-state index is 14.5. The van der Waals surface area contributed by atoms with Gasteiger partial charge in [0.15, 0.2) is 0 Å². The molecule has 0 N–H and O–H groups in total. The zero-order valence-electron chi connectivity index (χ0n) is 11.7. The van der Waals surface area contributed by atoms with Crippen LogP contribution in [0.3, 0.4) is 0 Å². The van der Waals surface area contributed by atoms with Crippen LogP contribution in [-0.4, -0.2) is 15.4 Å². The van der Waals surface area contributed by atoms with Crippen molar-refractivity contribution in [3.8, 4) is 23.1 Å². The van der Waals surface area contributed by atoms with Gasteiger partial charge in [-0.3, -0.25) is 4.68 Å². The SMILES string of the molecule is Cn1nccc1-c1c(F)cc2c(c1C#N)OC1(CC2)CC1. The summed E-state index contributed by atoms with van der Waals surface area (Å²) in [7, 11) is 1.73. The molecule has 1 saturated carbocycles. The van der Waals surface area contributed by atoms with E-state index < -0.39 is 0 Å². The second-order valence-electron chi connectivity index (χ2n) is 5.83. The molecule has 1 aliphatic carbocycles. The summed E-state index contributed by atoms with van der Waals surface area (Å²) in [6, 6.07) is 5.36. The van der Waals surface area contributed by atoms with Crippen LogP contribution in [0.15, 0.2) is 18.3 Å². The Morgan fingerprint density at radius 2 is 2.24 bits per heavy atom. The van der Waals surface area contributed by atoms with E-state index in [2.05, 4.69) is 11.2 Å². The molecule has 1 aliphatic heterocycles. The Kier molecular flexibility index (Phi) is 2.41. The highest BCUT2D eigenvalue weighted by molar-refractivity contribution is 5.74. The molecule has 4 rings (SSSR count). The van der Waals surface area contributed by atoms with E-state index in [9.17, 15) is 9.65 Å². The largest absolute Gasteiger partial charge is 0.486 e. The van der Waals surface area contributed by atoms with Crippen molar-refractivity contribution >= 4 is 0 Å². The lowest BCUT2D eigenvalue weighted by Gasteiger charge is -2.27. The van der Waals surface area contributed by atoms with Crippen molar-refractivity contribution < 1.29 is 9.13 Å². The van der Waals surface area contributed by atoms with Crippen molar-refractivity contribution in [2.75, 3.05) is 0 Å². The van der Waals surface area contributed by atoms with Crippen LogP contribution in [0, 0.1) is 17.1 Å². The molecule has 0 atom stereocenters. The molecule has 0 radical (unpaired) electrons. The maximum atomic E-state index is 14.5. The molecule has 1 aromatic heterocycles. The van der Waals surface area contributed by atoms with Crippen molar-refractivity contribution in [1.82, 2.24) is 9.78 Å². The Balaban J connectivity index is 1.96. The molecule has 21 heavy (non-hydrogen) atoms. The van der Waals surface area contributed by atoms with E-state index in [1.807, 2.05) is 0 Å². The monoisotopic (exact) mass is 283 g/mol. The maximum Gasteiger partial charge on any atom is 0.141 e. The lowest BCUT2D eigenvalue weighted by Crippen LogP contribution is -2.25. The minimum atomic E-state index is -0.385. The lowest BCUT2D eigenvalue weighted by atomic mass is 9.93. The number of aryl methyl sites for hydroxylation is 2. The minimum Gasteiger partial charge on any atom is -0.486 e. The first kappa shape index (κ1) is 12.4. The van der Waals surface area contributed by atoms with Crippen molar-refractivity contribution in [3.05, 3.63) is 35.3 Å². The Hall–Kier alpha value is -2.35. The zero-order chi connectivity index (χ0) is 14.6. The van der Waals surface area contributed by atoms with Crippen LogP contribution < -0.4 is 4.74 Å². The Bertz CT molecular complexity index is 784. The third-order valence-corrected chi connectivity index (χ3v) is 4.47. The summed E-state index contributed by atoms with van der Waals surface area (Å²) < 4.78 is 22.2. The fourth-order valence-electron chi connectivity index (χ4n) is 3.08. The van der Waals surface area contributed by atoms with Gasteiger partial charge >= 0.3 is 0 Å². The van der Waals surface area contributed by atoms with Crippen LogP contribution in [0.4, 0.5) is 4.39 Å². The van der Waals surface area contributed by atoms with Crippen LogP contribution in [0.1, 0.15) is 30.4 Å². The molecule has 1 spiro atoms. The number of hydrogen-bond donors (Lipinski definition) is 0. The van der Waals surface area contributed by atoms with Crippen LogP contribution in [0.5, 0.6) is 5.75 Å². The molecule has 5 heteroatoms. The molecular weight excluding hydrogens is 269 g/mol. The smallest absolute Gasteiger partial charge is 0.141 e. The Morgan fingerprint density at radius 3 is 2.86 bits per heavy atom. The van der Waals surface area contributed by atoms with E-state index >= 15 is 0 Å². The van der Waals surface area contributed by atoms with E-state index in [1.165, 1.54) is 6.07 Å². The van der Waals surface area contributed by atoms with Gasteiger partial charge in [0.2, 0.25) is 0 Å². The minimum absolute atomic E-state index is 0.0971. The molecule has 1 aromatic carbocycles. The van der Waals surface area contributed by atoms with Gasteiger partial charge in [-0.25, -0.2) is 4.39 Å². The van der Waals surface area contributed by atoms with E-state index in [1.54, 1.807) is 24.0 Å². The highest BCUT2D eigenvalue weighted by Crippen LogP contribution is 2.50. The molecule has 0 saturated heterocycles. The molecular formula is C16H14FN3O. The van der Waals surface area contributed by atoms with Gasteiger partial charge in [0.05, 0.1) is 11.3 Å². The second-order valence-corrected chi connectivity index (χ2v) is 5.83. The number of hydrogen-bond acceptors (Lipinski definition) is 3. The van der Waals surface area contributed by atoms with Gasteiger partial charge in [-0.05, 0) is 43.4 Å². The summed E-state index contributed by atoms with van der Waals surface area (Å²) in [5.41, 5.74) is 1.87. The highest BCUT2D eigenvalue weighted by atomic mass is 19.1. The number of ether oxygens (including phenoxy) is 1. The van der Waals surface area contributed by atoms with Crippen LogP contribution in [0.2, 0.25) is 0 Å². The average Bonchev–Trinajstić information content (AvgIpc) is 3.09. The van der Waals surface area contributed by atoms with Gasteiger partial charge in [-0.2, -0.15) is 10.4 Å². The molecule has 106 valence electrons. The summed E-state index contributed by atoms with van der Waals surface area (Å²) in [5, 5.41) is 13.6. The van der Waals surface area contributed by atoms with E-state index in [0.717, 1.165) is 31.2 Å². The van der Waals surface area contributed by atoms with Crippen molar-refractivity contribution in [2.24, 2.45) is 7.05 Å². The average molecular weight is 283 g/mol. The van der Waals surface area contributed by atoms with Crippen LogP contribution in [0.25, 0.3) is 11.3 Å². The number of benzene rings is 1. The van der Waals surface area contributed by atoms with Crippen LogP contribution in [-0.2, 0) is 13.5 Å². The number of halogens is 1. The fraction of sp³-hybridized carbons (Fsp3) is 0.375. The molecule has 2 aliphatic rings.